The molecule has 0 bridgehead atoms. The van der Waals surface area contributed by atoms with E-state index in [1.165, 1.54) is 5.56 Å². The van der Waals surface area contributed by atoms with Crippen molar-refractivity contribution >= 4 is 15.9 Å². The molecule has 15 heavy (non-hydrogen) atoms. The van der Waals surface area contributed by atoms with Crippen LogP contribution in [0.1, 0.15) is 31.9 Å². The van der Waals surface area contributed by atoms with Crippen LogP contribution in [0.5, 0.6) is 0 Å². The van der Waals surface area contributed by atoms with Crippen LogP contribution >= 0.6 is 15.9 Å². The Hall–Kier alpha value is -0.380. The second-order valence-electron chi connectivity index (χ2n) is 3.77. The SMILES string of the molecule is CC[C@@H](NC[C@@H](C)O)c1cccc(Br)c1. The van der Waals surface area contributed by atoms with Crippen molar-refractivity contribution in [1.29, 1.82) is 0 Å². The minimum absolute atomic E-state index is 0.300. The quantitative estimate of drug-likeness (QED) is 0.863. The van der Waals surface area contributed by atoms with E-state index >= 15 is 0 Å². The number of benzene rings is 1. The van der Waals surface area contributed by atoms with Crippen LogP contribution < -0.4 is 5.32 Å². The van der Waals surface area contributed by atoms with Crippen molar-refractivity contribution in [3.05, 3.63) is 34.3 Å². The molecule has 0 saturated heterocycles. The lowest BCUT2D eigenvalue weighted by Gasteiger charge is -2.18. The van der Waals surface area contributed by atoms with E-state index in [4.69, 9.17) is 0 Å². The van der Waals surface area contributed by atoms with Crippen LogP contribution in [0.15, 0.2) is 28.7 Å². The van der Waals surface area contributed by atoms with Gasteiger partial charge in [0.2, 0.25) is 0 Å². The van der Waals surface area contributed by atoms with E-state index in [0.717, 1.165) is 10.9 Å². The van der Waals surface area contributed by atoms with E-state index in [1.54, 1.807) is 6.92 Å². The Balaban J connectivity index is 2.65. The van der Waals surface area contributed by atoms with Crippen molar-refractivity contribution in [3.63, 3.8) is 0 Å². The molecule has 0 aliphatic carbocycles. The predicted octanol–water partition coefficient (Wildman–Crippen LogP) is 2.87. The molecule has 2 N–H and O–H groups in total. The second kappa shape index (κ2) is 6.26. The molecule has 3 heteroatoms. The van der Waals surface area contributed by atoms with Gasteiger partial charge in [0.1, 0.15) is 0 Å². The largest absolute Gasteiger partial charge is 0.392 e. The summed E-state index contributed by atoms with van der Waals surface area (Å²) in [4.78, 5) is 0. The summed E-state index contributed by atoms with van der Waals surface area (Å²) in [6, 6.07) is 8.59. The van der Waals surface area contributed by atoms with Crippen molar-refractivity contribution in [1.82, 2.24) is 5.32 Å². The fourth-order valence-electron chi connectivity index (χ4n) is 1.53. The highest BCUT2D eigenvalue weighted by atomic mass is 79.9. The Morgan fingerprint density at radius 3 is 2.73 bits per heavy atom. The molecule has 0 spiro atoms. The van der Waals surface area contributed by atoms with Crippen LogP contribution in [0.2, 0.25) is 0 Å². The third kappa shape index (κ3) is 4.33. The Morgan fingerprint density at radius 2 is 2.20 bits per heavy atom. The Morgan fingerprint density at radius 1 is 1.47 bits per heavy atom. The Kier molecular flexibility index (Phi) is 5.29. The maximum atomic E-state index is 9.23. The summed E-state index contributed by atoms with van der Waals surface area (Å²) >= 11 is 3.46. The molecular formula is C12H18BrNO. The summed E-state index contributed by atoms with van der Waals surface area (Å²) < 4.78 is 1.09. The van der Waals surface area contributed by atoms with Gasteiger partial charge in [-0.1, -0.05) is 35.0 Å². The van der Waals surface area contributed by atoms with Crippen molar-refractivity contribution < 1.29 is 5.11 Å². The van der Waals surface area contributed by atoms with Crippen molar-refractivity contribution in [2.24, 2.45) is 0 Å². The standard InChI is InChI=1S/C12H18BrNO/c1-3-12(14-8-9(2)15)10-5-4-6-11(13)7-10/h4-7,9,12,14-15H,3,8H2,1-2H3/t9-,12-/m1/s1. The van der Waals surface area contributed by atoms with Gasteiger partial charge in [-0.05, 0) is 31.0 Å². The zero-order valence-electron chi connectivity index (χ0n) is 9.20. The van der Waals surface area contributed by atoms with Crippen LogP contribution in [0, 0.1) is 0 Å². The van der Waals surface area contributed by atoms with Gasteiger partial charge >= 0.3 is 0 Å². The molecule has 0 fully saturated rings. The molecule has 0 radical (unpaired) electrons. The lowest BCUT2D eigenvalue weighted by molar-refractivity contribution is 0.185. The van der Waals surface area contributed by atoms with E-state index in [1.807, 2.05) is 12.1 Å². The fraction of sp³-hybridized carbons (Fsp3) is 0.500. The first-order valence-corrected chi connectivity index (χ1v) is 6.09. The first kappa shape index (κ1) is 12.7. The fourth-order valence-corrected chi connectivity index (χ4v) is 1.95. The monoisotopic (exact) mass is 271 g/mol. The van der Waals surface area contributed by atoms with Gasteiger partial charge < -0.3 is 10.4 Å². The highest BCUT2D eigenvalue weighted by Crippen LogP contribution is 2.20. The maximum absolute atomic E-state index is 9.23. The van der Waals surface area contributed by atoms with Crippen LogP contribution in [0.3, 0.4) is 0 Å². The molecule has 1 aromatic carbocycles. The topological polar surface area (TPSA) is 32.3 Å². The average Bonchev–Trinajstić information content (AvgIpc) is 2.18. The first-order chi connectivity index (χ1) is 7.13. The number of aliphatic hydroxyl groups excluding tert-OH is 1. The predicted molar refractivity (Wildman–Crippen MR) is 66.9 cm³/mol. The summed E-state index contributed by atoms with van der Waals surface area (Å²) in [5.41, 5.74) is 1.26. The summed E-state index contributed by atoms with van der Waals surface area (Å²) in [6.07, 6.45) is 0.717. The van der Waals surface area contributed by atoms with E-state index < -0.39 is 0 Å². The number of nitrogens with one attached hydrogen (secondary N) is 1. The molecule has 0 aliphatic rings. The van der Waals surface area contributed by atoms with Gasteiger partial charge in [0.25, 0.3) is 0 Å². The molecule has 0 saturated carbocycles. The molecule has 1 aromatic rings. The molecule has 0 unspecified atom stereocenters. The van der Waals surface area contributed by atoms with E-state index in [9.17, 15) is 5.11 Å². The number of hydrogen-bond acceptors (Lipinski definition) is 2. The van der Waals surface area contributed by atoms with Crippen LogP contribution in [0.4, 0.5) is 0 Å². The van der Waals surface area contributed by atoms with Crippen LogP contribution in [0.25, 0.3) is 0 Å². The third-order valence-electron chi connectivity index (χ3n) is 2.32. The Labute approximate surface area is 99.8 Å². The normalized spacial score (nSPS) is 14.9. The van der Waals surface area contributed by atoms with Gasteiger partial charge in [-0.15, -0.1) is 0 Å². The van der Waals surface area contributed by atoms with Crippen molar-refractivity contribution in [2.45, 2.75) is 32.4 Å². The second-order valence-corrected chi connectivity index (χ2v) is 4.69. The van der Waals surface area contributed by atoms with Gasteiger partial charge in [0, 0.05) is 17.1 Å². The van der Waals surface area contributed by atoms with Crippen LogP contribution in [-0.2, 0) is 0 Å². The molecular weight excluding hydrogens is 254 g/mol. The minimum Gasteiger partial charge on any atom is -0.392 e. The zero-order valence-corrected chi connectivity index (χ0v) is 10.8. The van der Waals surface area contributed by atoms with E-state index in [-0.39, 0.29) is 6.10 Å². The number of aliphatic hydroxyl groups is 1. The summed E-state index contributed by atoms with van der Waals surface area (Å²) in [6.45, 7) is 4.56. The zero-order chi connectivity index (χ0) is 11.3. The Bertz CT molecular complexity index is 301. The summed E-state index contributed by atoms with van der Waals surface area (Å²) in [5, 5.41) is 12.6. The molecule has 0 amide bonds. The minimum atomic E-state index is -0.300. The molecule has 0 aliphatic heterocycles. The van der Waals surface area contributed by atoms with Gasteiger partial charge in [-0.2, -0.15) is 0 Å². The average molecular weight is 272 g/mol. The molecule has 2 atom stereocenters. The molecule has 0 aromatic heterocycles. The van der Waals surface area contributed by atoms with Gasteiger partial charge in [-0.3, -0.25) is 0 Å². The lowest BCUT2D eigenvalue weighted by atomic mass is 10.0. The lowest BCUT2D eigenvalue weighted by Crippen LogP contribution is -2.28. The summed E-state index contributed by atoms with van der Waals surface area (Å²) in [5.74, 6) is 0. The summed E-state index contributed by atoms with van der Waals surface area (Å²) in [7, 11) is 0. The van der Waals surface area contributed by atoms with Gasteiger partial charge in [0.05, 0.1) is 6.10 Å². The molecule has 0 heterocycles. The third-order valence-corrected chi connectivity index (χ3v) is 2.81. The number of hydrogen-bond donors (Lipinski definition) is 2. The first-order valence-electron chi connectivity index (χ1n) is 5.30. The van der Waals surface area contributed by atoms with Crippen LogP contribution in [-0.4, -0.2) is 17.8 Å². The highest BCUT2D eigenvalue weighted by molar-refractivity contribution is 9.10. The van der Waals surface area contributed by atoms with Crippen molar-refractivity contribution in [3.8, 4) is 0 Å². The smallest absolute Gasteiger partial charge is 0.0636 e. The molecule has 84 valence electrons. The van der Waals surface area contributed by atoms with Crippen molar-refractivity contribution in [2.75, 3.05) is 6.54 Å². The molecule has 2 nitrogen and oxygen atoms in total. The molecule has 1 rings (SSSR count). The van der Waals surface area contributed by atoms with Gasteiger partial charge in [-0.25, -0.2) is 0 Å². The van der Waals surface area contributed by atoms with Gasteiger partial charge in [0.15, 0.2) is 0 Å². The highest BCUT2D eigenvalue weighted by Gasteiger charge is 2.09. The number of rotatable bonds is 5. The maximum Gasteiger partial charge on any atom is 0.0636 e. The van der Waals surface area contributed by atoms with E-state index in [0.29, 0.717) is 12.6 Å². The number of halogens is 1. The van der Waals surface area contributed by atoms with E-state index in [2.05, 4.69) is 40.3 Å².